The van der Waals surface area contributed by atoms with Gasteiger partial charge in [0.05, 0.1) is 13.5 Å². The molecular formula is C9H10O2S. The van der Waals surface area contributed by atoms with Crippen molar-refractivity contribution >= 4 is 23.1 Å². The summed E-state index contributed by atoms with van der Waals surface area (Å²) in [5.74, 6) is -0.210. The van der Waals surface area contributed by atoms with Crippen molar-refractivity contribution in [3.8, 4) is 0 Å². The molecule has 0 bridgehead atoms. The van der Waals surface area contributed by atoms with Crippen LogP contribution in [0.3, 0.4) is 0 Å². The largest absolute Gasteiger partial charge is 0.469 e. The SMILES string of the molecule is COC(=O)CC1=CCC(=S)C=C1. The average Bonchev–Trinajstić information content (AvgIpc) is 2.09. The Morgan fingerprint density at radius 1 is 1.67 bits per heavy atom. The molecule has 0 N–H and O–H groups in total. The van der Waals surface area contributed by atoms with Crippen LogP contribution in [0.15, 0.2) is 23.8 Å². The van der Waals surface area contributed by atoms with Crippen LogP contribution >= 0.6 is 12.2 Å². The van der Waals surface area contributed by atoms with Gasteiger partial charge in [0.1, 0.15) is 0 Å². The van der Waals surface area contributed by atoms with Crippen LogP contribution in [0, 0.1) is 0 Å². The summed E-state index contributed by atoms with van der Waals surface area (Å²) in [7, 11) is 1.39. The van der Waals surface area contributed by atoms with Crippen LogP contribution in [-0.4, -0.2) is 17.9 Å². The van der Waals surface area contributed by atoms with Crippen molar-refractivity contribution < 1.29 is 9.53 Å². The maximum absolute atomic E-state index is 10.8. The lowest BCUT2D eigenvalue weighted by atomic mass is 10.0. The van der Waals surface area contributed by atoms with Gasteiger partial charge in [0.15, 0.2) is 0 Å². The van der Waals surface area contributed by atoms with E-state index in [0.717, 1.165) is 16.9 Å². The molecule has 3 heteroatoms. The lowest BCUT2D eigenvalue weighted by Gasteiger charge is -2.05. The third-order valence-electron chi connectivity index (χ3n) is 1.62. The monoisotopic (exact) mass is 182 g/mol. The second-order valence-electron chi connectivity index (χ2n) is 2.54. The van der Waals surface area contributed by atoms with E-state index < -0.39 is 0 Å². The first-order chi connectivity index (χ1) is 5.72. The van der Waals surface area contributed by atoms with Gasteiger partial charge in [-0.1, -0.05) is 24.4 Å². The van der Waals surface area contributed by atoms with E-state index in [1.54, 1.807) is 0 Å². The molecule has 0 spiro atoms. The summed E-state index contributed by atoms with van der Waals surface area (Å²) in [4.78, 5) is 11.7. The zero-order chi connectivity index (χ0) is 8.97. The topological polar surface area (TPSA) is 26.3 Å². The molecule has 0 aromatic rings. The Morgan fingerprint density at radius 2 is 2.42 bits per heavy atom. The molecule has 12 heavy (non-hydrogen) atoms. The van der Waals surface area contributed by atoms with Crippen LogP contribution < -0.4 is 0 Å². The summed E-state index contributed by atoms with van der Waals surface area (Å²) in [6.45, 7) is 0. The summed E-state index contributed by atoms with van der Waals surface area (Å²) in [5, 5.41) is 0. The van der Waals surface area contributed by atoms with Gasteiger partial charge >= 0.3 is 5.97 Å². The Hall–Kier alpha value is -0.960. The number of hydrogen-bond donors (Lipinski definition) is 0. The van der Waals surface area contributed by atoms with Crippen LogP contribution in [0.5, 0.6) is 0 Å². The summed E-state index contributed by atoms with van der Waals surface area (Å²) in [6.07, 6.45) is 6.78. The number of hydrogen-bond acceptors (Lipinski definition) is 3. The van der Waals surface area contributed by atoms with Gasteiger partial charge in [-0.25, -0.2) is 0 Å². The van der Waals surface area contributed by atoms with Crippen molar-refractivity contribution in [3.05, 3.63) is 23.8 Å². The van der Waals surface area contributed by atoms with Crippen LogP contribution in [-0.2, 0) is 9.53 Å². The standard InChI is InChI=1S/C9H10O2S/c1-11-9(10)6-7-2-4-8(12)5-3-7/h2-4H,5-6H2,1H3. The Morgan fingerprint density at radius 3 is 2.92 bits per heavy atom. The maximum Gasteiger partial charge on any atom is 0.309 e. The van der Waals surface area contributed by atoms with Gasteiger partial charge in [-0.15, -0.1) is 0 Å². The van der Waals surface area contributed by atoms with E-state index in [9.17, 15) is 4.79 Å². The normalized spacial score (nSPS) is 15.8. The van der Waals surface area contributed by atoms with E-state index in [0.29, 0.717) is 6.42 Å². The molecule has 0 unspecified atom stereocenters. The van der Waals surface area contributed by atoms with Crippen LogP contribution in [0.25, 0.3) is 0 Å². The van der Waals surface area contributed by atoms with Crippen LogP contribution in [0.4, 0.5) is 0 Å². The predicted molar refractivity (Wildman–Crippen MR) is 51.1 cm³/mol. The third-order valence-corrected chi connectivity index (χ3v) is 1.93. The van der Waals surface area contributed by atoms with Gasteiger partial charge in [0.2, 0.25) is 0 Å². The fourth-order valence-corrected chi connectivity index (χ4v) is 1.09. The first kappa shape index (κ1) is 9.13. The zero-order valence-corrected chi connectivity index (χ0v) is 7.69. The van der Waals surface area contributed by atoms with Gasteiger partial charge in [-0.3, -0.25) is 4.79 Å². The van der Waals surface area contributed by atoms with E-state index in [4.69, 9.17) is 12.2 Å². The molecule has 1 aliphatic carbocycles. The molecule has 0 aromatic carbocycles. The average molecular weight is 182 g/mol. The highest BCUT2D eigenvalue weighted by molar-refractivity contribution is 7.80. The Labute approximate surface area is 76.9 Å². The highest BCUT2D eigenvalue weighted by Crippen LogP contribution is 2.12. The molecule has 0 heterocycles. The molecule has 0 aliphatic heterocycles. The summed E-state index contributed by atoms with van der Waals surface area (Å²) >= 11 is 4.95. The van der Waals surface area contributed by atoms with E-state index in [1.165, 1.54) is 7.11 Å². The van der Waals surface area contributed by atoms with Crippen LogP contribution in [0.1, 0.15) is 12.8 Å². The Bertz CT molecular complexity index is 264. The minimum absolute atomic E-state index is 0.210. The van der Waals surface area contributed by atoms with Crippen molar-refractivity contribution in [2.24, 2.45) is 0 Å². The number of allylic oxidation sites excluding steroid dienone is 3. The summed E-state index contributed by atoms with van der Waals surface area (Å²) in [5.41, 5.74) is 0.982. The molecule has 0 amide bonds. The number of thiocarbonyl (C=S) groups is 1. The Balaban J connectivity index is 2.50. The quantitative estimate of drug-likeness (QED) is 0.481. The van der Waals surface area contributed by atoms with E-state index in [2.05, 4.69) is 4.74 Å². The Kier molecular flexibility index (Phi) is 3.17. The molecule has 0 atom stereocenters. The molecular weight excluding hydrogens is 172 g/mol. The highest BCUT2D eigenvalue weighted by atomic mass is 32.1. The lowest BCUT2D eigenvalue weighted by molar-refractivity contribution is -0.139. The van der Waals surface area contributed by atoms with Gasteiger partial charge < -0.3 is 4.74 Å². The smallest absolute Gasteiger partial charge is 0.309 e. The molecule has 0 aromatic heterocycles. The number of ether oxygens (including phenoxy) is 1. The van der Waals surface area contributed by atoms with Crippen molar-refractivity contribution in [2.45, 2.75) is 12.8 Å². The summed E-state index contributed by atoms with van der Waals surface area (Å²) in [6, 6.07) is 0. The maximum atomic E-state index is 10.8. The van der Waals surface area contributed by atoms with E-state index >= 15 is 0 Å². The number of carbonyl (C=O) groups is 1. The molecule has 1 rings (SSSR count). The minimum atomic E-state index is -0.210. The number of rotatable bonds is 2. The van der Waals surface area contributed by atoms with Crippen molar-refractivity contribution in [1.82, 2.24) is 0 Å². The second-order valence-corrected chi connectivity index (χ2v) is 3.06. The molecule has 0 saturated carbocycles. The van der Waals surface area contributed by atoms with Crippen molar-refractivity contribution in [2.75, 3.05) is 7.11 Å². The predicted octanol–water partition coefficient (Wildman–Crippen LogP) is 1.81. The number of esters is 1. The van der Waals surface area contributed by atoms with E-state index in [-0.39, 0.29) is 5.97 Å². The fraction of sp³-hybridized carbons (Fsp3) is 0.333. The molecule has 0 radical (unpaired) electrons. The summed E-state index contributed by atoms with van der Waals surface area (Å²) < 4.78 is 4.53. The van der Waals surface area contributed by atoms with Gasteiger partial charge in [-0.2, -0.15) is 0 Å². The molecule has 0 fully saturated rings. The fourth-order valence-electron chi connectivity index (χ4n) is 0.938. The molecule has 2 nitrogen and oxygen atoms in total. The zero-order valence-electron chi connectivity index (χ0n) is 6.87. The highest BCUT2D eigenvalue weighted by Gasteiger charge is 2.05. The number of methoxy groups -OCH3 is 1. The van der Waals surface area contributed by atoms with Gasteiger partial charge in [0, 0.05) is 11.3 Å². The molecule has 0 saturated heterocycles. The number of carbonyl (C=O) groups excluding carboxylic acids is 1. The molecule has 1 aliphatic rings. The third kappa shape index (κ3) is 2.58. The first-order valence-corrected chi connectivity index (χ1v) is 4.10. The van der Waals surface area contributed by atoms with E-state index in [1.807, 2.05) is 18.2 Å². The molecule has 64 valence electrons. The van der Waals surface area contributed by atoms with Crippen LogP contribution in [0.2, 0.25) is 0 Å². The van der Waals surface area contributed by atoms with Gasteiger partial charge in [0.25, 0.3) is 0 Å². The first-order valence-electron chi connectivity index (χ1n) is 3.69. The lowest BCUT2D eigenvalue weighted by Crippen LogP contribution is -2.03. The second kappa shape index (κ2) is 4.16. The van der Waals surface area contributed by atoms with Crippen molar-refractivity contribution in [1.29, 1.82) is 0 Å². The van der Waals surface area contributed by atoms with Crippen molar-refractivity contribution in [3.63, 3.8) is 0 Å². The minimum Gasteiger partial charge on any atom is -0.469 e. The van der Waals surface area contributed by atoms with Gasteiger partial charge in [-0.05, 0) is 11.6 Å².